The number of rotatable bonds is 1. The average molecular weight is 218 g/mol. The van der Waals surface area contributed by atoms with Crippen molar-refractivity contribution in [3.63, 3.8) is 0 Å². The van der Waals surface area contributed by atoms with E-state index in [-0.39, 0.29) is 0 Å². The van der Waals surface area contributed by atoms with Crippen molar-refractivity contribution in [2.24, 2.45) is 0 Å². The smallest absolute Gasteiger partial charge is 0.124 e. The molecule has 0 spiro atoms. The van der Waals surface area contributed by atoms with Crippen molar-refractivity contribution in [3.05, 3.63) is 17.7 Å². The quantitative estimate of drug-likeness (QED) is 0.783. The number of nitrogens with zero attached hydrogens (tertiary/aromatic N) is 1. The van der Waals surface area contributed by atoms with Crippen LogP contribution in [0.15, 0.2) is 12.1 Å². The zero-order valence-corrected chi connectivity index (χ0v) is 9.92. The van der Waals surface area contributed by atoms with Crippen molar-refractivity contribution in [3.8, 4) is 5.75 Å². The highest BCUT2D eigenvalue weighted by molar-refractivity contribution is 5.78. The normalized spacial score (nSPS) is 22.4. The van der Waals surface area contributed by atoms with Gasteiger partial charge in [0.1, 0.15) is 5.75 Å². The van der Waals surface area contributed by atoms with Gasteiger partial charge in [-0.1, -0.05) is 0 Å². The molecule has 0 radical (unpaired) electrons. The van der Waals surface area contributed by atoms with E-state index in [9.17, 15) is 0 Å². The van der Waals surface area contributed by atoms with Gasteiger partial charge in [-0.2, -0.15) is 0 Å². The summed E-state index contributed by atoms with van der Waals surface area (Å²) in [4.78, 5) is 2.34. The first-order chi connectivity index (χ1) is 7.81. The van der Waals surface area contributed by atoms with Gasteiger partial charge in [-0.05, 0) is 30.9 Å². The van der Waals surface area contributed by atoms with Gasteiger partial charge in [0.15, 0.2) is 0 Å². The number of benzene rings is 1. The summed E-state index contributed by atoms with van der Waals surface area (Å²) in [6.07, 6.45) is 2.42. The lowest BCUT2D eigenvalue weighted by Crippen LogP contribution is -2.31. The summed E-state index contributed by atoms with van der Waals surface area (Å²) in [6.45, 7) is 2.02. The average Bonchev–Trinajstić information content (AvgIpc) is 2.33. The van der Waals surface area contributed by atoms with E-state index in [4.69, 9.17) is 4.74 Å². The molecule has 1 N–H and O–H groups in total. The van der Waals surface area contributed by atoms with Crippen LogP contribution in [-0.4, -0.2) is 27.2 Å². The molecule has 1 aromatic carbocycles. The Morgan fingerprint density at radius 3 is 3.06 bits per heavy atom. The first kappa shape index (κ1) is 9.82. The monoisotopic (exact) mass is 218 g/mol. The van der Waals surface area contributed by atoms with Crippen LogP contribution < -0.4 is 15.0 Å². The van der Waals surface area contributed by atoms with Gasteiger partial charge >= 0.3 is 0 Å². The van der Waals surface area contributed by atoms with Crippen LogP contribution in [0.2, 0.25) is 0 Å². The Bertz CT molecular complexity index is 402. The van der Waals surface area contributed by atoms with Gasteiger partial charge in [0.2, 0.25) is 0 Å². The molecule has 1 atom stereocenters. The fraction of sp³-hybridized carbons (Fsp3) is 0.538. The molecule has 2 aliphatic heterocycles. The SMILES string of the molecule is CNc1ccc2c3c1N(C)CCC3CCO2. The van der Waals surface area contributed by atoms with Crippen LogP contribution in [0, 0.1) is 0 Å². The van der Waals surface area contributed by atoms with Gasteiger partial charge in [0.25, 0.3) is 0 Å². The minimum absolute atomic E-state index is 0.697. The summed E-state index contributed by atoms with van der Waals surface area (Å²) in [6, 6.07) is 4.23. The molecule has 16 heavy (non-hydrogen) atoms. The van der Waals surface area contributed by atoms with Crippen molar-refractivity contribution >= 4 is 11.4 Å². The van der Waals surface area contributed by atoms with E-state index in [1.807, 2.05) is 7.05 Å². The molecule has 0 aromatic heterocycles. The van der Waals surface area contributed by atoms with E-state index in [2.05, 4.69) is 29.4 Å². The Hall–Kier alpha value is -1.38. The number of nitrogens with one attached hydrogen (secondary N) is 1. The Labute approximate surface area is 96.4 Å². The summed E-state index contributed by atoms with van der Waals surface area (Å²) < 4.78 is 5.76. The second-order valence-corrected chi connectivity index (χ2v) is 4.67. The summed E-state index contributed by atoms with van der Waals surface area (Å²) in [5.41, 5.74) is 3.99. The Balaban J connectivity index is 2.21. The molecular weight excluding hydrogens is 200 g/mol. The summed E-state index contributed by atoms with van der Waals surface area (Å²) in [5, 5.41) is 3.28. The first-order valence-electron chi connectivity index (χ1n) is 6.00. The second-order valence-electron chi connectivity index (χ2n) is 4.67. The van der Waals surface area contributed by atoms with E-state index >= 15 is 0 Å². The number of ether oxygens (including phenoxy) is 1. The third-order valence-corrected chi connectivity index (χ3v) is 3.77. The molecule has 2 aliphatic rings. The lowest BCUT2D eigenvalue weighted by molar-refractivity contribution is 0.261. The van der Waals surface area contributed by atoms with Crippen LogP contribution in [0.25, 0.3) is 0 Å². The maximum atomic E-state index is 5.76. The van der Waals surface area contributed by atoms with Crippen LogP contribution in [0.1, 0.15) is 24.3 Å². The molecule has 0 aliphatic carbocycles. The highest BCUT2D eigenvalue weighted by Gasteiger charge is 2.31. The van der Waals surface area contributed by atoms with Crippen LogP contribution in [0.4, 0.5) is 11.4 Å². The standard InChI is InChI=1S/C13H18N2O/c1-14-10-3-4-11-12-9(6-8-16-11)5-7-15(2)13(10)12/h3-4,9,14H,5-8H2,1-2H3. The molecule has 3 rings (SSSR count). The minimum Gasteiger partial charge on any atom is -0.493 e. The van der Waals surface area contributed by atoms with E-state index in [0.29, 0.717) is 5.92 Å². The molecule has 3 nitrogen and oxygen atoms in total. The van der Waals surface area contributed by atoms with Crippen molar-refractivity contribution < 1.29 is 4.74 Å². The molecule has 1 aromatic rings. The second kappa shape index (κ2) is 3.58. The highest BCUT2D eigenvalue weighted by atomic mass is 16.5. The summed E-state index contributed by atoms with van der Waals surface area (Å²) in [5.74, 6) is 1.79. The number of hydrogen-bond acceptors (Lipinski definition) is 3. The molecule has 0 saturated heterocycles. The van der Waals surface area contributed by atoms with E-state index in [1.54, 1.807) is 0 Å². The van der Waals surface area contributed by atoms with Gasteiger partial charge in [0.05, 0.1) is 18.0 Å². The fourth-order valence-corrected chi connectivity index (χ4v) is 2.93. The van der Waals surface area contributed by atoms with Crippen molar-refractivity contribution in [1.82, 2.24) is 0 Å². The molecule has 0 saturated carbocycles. The van der Waals surface area contributed by atoms with E-state index in [0.717, 1.165) is 18.9 Å². The third kappa shape index (κ3) is 1.27. The zero-order chi connectivity index (χ0) is 11.1. The minimum atomic E-state index is 0.697. The van der Waals surface area contributed by atoms with E-state index < -0.39 is 0 Å². The third-order valence-electron chi connectivity index (χ3n) is 3.77. The molecule has 86 valence electrons. The van der Waals surface area contributed by atoms with Gasteiger partial charge in [0, 0.05) is 26.2 Å². The molecule has 0 bridgehead atoms. The largest absolute Gasteiger partial charge is 0.493 e. The van der Waals surface area contributed by atoms with E-state index in [1.165, 1.54) is 29.8 Å². The molecule has 2 heterocycles. The topological polar surface area (TPSA) is 24.5 Å². The molecule has 0 amide bonds. The van der Waals surface area contributed by atoms with Gasteiger partial charge in [-0.3, -0.25) is 0 Å². The predicted molar refractivity (Wildman–Crippen MR) is 66.7 cm³/mol. The van der Waals surface area contributed by atoms with Crippen LogP contribution >= 0.6 is 0 Å². The first-order valence-corrected chi connectivity index (χ1v) is 6.00. The predicted octanol–water partition coefficient (Wildman–Crippen LogP) is 2.43. The van der Waals surface area contributed by atoms with Gasteiger partial charge in [-0.25, -0.2) is 0 Å². The summed E-state index contributed by atoms with van der Waals surface area (Å²) in [7, 11) is 4.15. The van der Waals surface area contributed by atoms with Gasteiger partial charge in [-0.15, -0.1) is 0 Å². The Kier molecular flexibility index (Phi) is 2.20. The van der Waals surface area contributed by atoms with Crippen molar-refractivity contribution in [1.29, 1.82) is 0 Å². The zero-order valence-electron chi connectivity index (χ0n) is 9.92. The summed E-state index contributed by atoms with van der Waals surface area (Å²) >= 11 is 0. The Morgan fingerprint density at radius 1 is 1.38 bits per heavy atom. The number of anilines is 2. The molecule has 0 fully saturated rings. The molecular formula is C13H18N2O. The van der Waals surface area contributed by atoms with Crippen LogP contribution in [0.5, 0.6) is 5.75 Å². The van der Waals surface area contributed by atoms with Gasteiger partial charge < -0.3 is 15.0 Å². The molecule has 1 unspecified atom stereocenters. The maximum Gasteiger partial charge on any atom is 0.124 e. The maximum absolute atomic E-state index is 5.76. The fourth-order valence-electron chi connectivity index (χ4n) is 2.93. The lowest BCUT2D eigenvalue weighted by atomic mass is 9.85. The lowest BCUT2D eigenvalue weighted by Gasteiger charge is -2.38. The van der Waals surface area contributed by atoms with Crippen molar-refractivity contribution in [2.75, 3.05) is 37.5 Å². The van der Waals surface area contributed by atoms with Crippen LogP contribution in [0.3, 0.4) is 0 Å². The Morgan fingerprint density at radius 2 is 2.25 bits per heavy atom. The highest BCUT2D eigenvalue weighted by Crippen LogP contribution is 2.48. The number of hydrogen-bond donors (Lipinski definition) is 1. The van der Waals surface area contributed by atoms with Crippen molar-refractivity contribution in [2.45, 2.75) is 18.8 Å². The van der Waals surface area contributed by atoms with Crippen LogP contribution in [-0.2, 0) is 0 Å². The molecule has 3 heteroatoms.